The van der Waals surface area contributed by atoms with Crippen molar-refractivity contribution in [2.45, 2.75) is 19.3 Å². The first-order chi connectivity index (χ1) is 8.89. The van der Waals surface area contributed by atoms with Gasteiger partial charge in [0.25, 0.3) is 0 Å². The van der Waals surface area contributed by atoms with Gasteiger partial charge in [0.2, 0.25) is 15.9 Å². The Labute approximate surface area is 114 Å². The molecule has 19 heavy (non-hydrogen) atoms. The van der Waals surface area contributed by atoms with Gasteiger partial charge in [-0.1, -0.05) is 0 Å². The van der Waals surface area contributed by atoms with Gasteiger partial charge in [0.05, 0.1) is 18.3 Å². The smallest absolute Gasteiger partial charge is 0.230 e. The van der Waals surface area contributed by atoms with Gasteiger partial charge in [0.1, 0.15) is 0 Å². The van der Waals surface area contributed by atoms with E-state index in [4.69, 9.17) is 4.74 Å². The number of piperidine rings is 1. The number of nitrogens with zero attached hydrogens (tertiary/aromatic N) is 2. The van der Waals surface area contributed by atoms with Crippen molar-refractivity contribution < 1.29 is 17.9 Å². The molecule has 2 aliphatic heterocycles. The van der Waals surface area contributed by atoms with Crippen LogP contribution in [0.1, 0.15) is 19.3 Å². The summed E-state index contributed by atoms with van der Waals surface area (Å²) in [6.07, 6.45) is 3.58. The monoisotopic (exact) mass is 290 g/mol. The highest BCUT2D eigenvalue weighted by Crippen LogP contribution is 2.40. The molecule has 0 N–H and O–H groups in total. The molecule has 2 rings (SSSR count). The molecule has 0 radical (unpaired) electrons. The molecule has 1 unspecified atom stereocenters. The number of carbonyl (C=O) groups is 1. The van der Waals surface area contributed by atoms with Crippen LogP contribution in [0.5, 0.6) is 0 Å². The minimum atomic E-state index is -3.20. The van der Waals surface area contributed by atoms with Crippen LogP contribution in [0.15, 0.2) is 0 Å². The predicted octanol–water partition coefficient (Wildman–Crippen LogP) is -0.0931. The number of methoxy groups -OCH3 is 1. The molecule has 7 heteroatoms. The Hall–Kier alpha value is -0.660. The van der Waals surface area contributed by atoms with Crippen molar-refractivity contribution in [3.05, 3.63) is 0 Å². The van der Waals surface area contributed by atoms with Gasteiger partial charge in [-0.05, 0) is 19.3 Å². The molecule has 0 saturated carbocycles. The van der Waals surface area contributed by atoms with Gasteiger partial charge in [-0.2, -0.15) is 0 Å². The lowest BCUT2D eigenvalue weighted by Crippen LogP contribution is -2.51. The van der Waals surface area contributed by atoms with E-state index in [-0.39, 0.29) is 5.91 Å². The van der Waals surface area contributed by atoms with E-state index < -0.39 is 15.4 Å². The number of amides is 1. The molecule has 2 saturated heterocycles. The molecule has 0 bridgehead atoms. The second-order valence-corrected chi connectivity index (χ2v) is 7.50. The molecule has 1 spiro atoms. The Bertz CT molecular complexity index is 451. The van der Waals surface area contributed by atoms with Crippen LogP contribution < -0.4 is 0 Å². The van der Waals surface area contributed by atoms with Gasteiger partial charge in [-0.25, -0.2) is 12.7 Å². The molecule has 0 aromatic carbocycles. The summed E-state index contributed by atoms with van der Waals surface area (Å²) >= 11 is 0. The highest BCUT2D eigenvalue weighted by Gasteiger charge is 2.49. The van der Waals surface area contributed by atoms with Crippen LogP contribution in [0, 0.1) is 5.41 Å². The Balaban J connectivity index is 2.09. The van der Waals surface area contributed by atoms with E-state index >= 15 is 0 Å². The molecule has 0 aliphatic carbocycles. The minimum absolute atomic E-state index is 0.0990. The third-order valence-electron chi connectivity index (χ3n) is 4.18. The number of carbonyl (C=O) groups excluding carboxylic acids is 1. The maximum absolute atomic E-state index is 12.6. The molecule has 0 aromatic rings. The predicted molar refractivity (Wildman–Crippen MR) is 71.2 cm³/mol. The van der Waals surface area contributed by atoms with Crippen LogP contribution in [0.2, 0.25) is 0 Å². The van der Waals surface area contributed by atoms with E-state index in [1.165, 1.54) is 10.6 Å². The van der Waals surface area contributed by atoms with Crippen molar-refractivity contribution in [1.82, 2.24) is 9.21 Å². The van der Waals surface area contributed by atoms with E-state index in [1.54, 1.807) is 7.11 Å². The van der Waals surface area contributed by atoms with Gasteiger partial charge in [0, 0.05) is 33.3 Å². The zero-order valence-electron chi connectivity index (χ0n) is 11.6. The van der Waals surface area contributed by atoms with Crippen molar-refractivity contribution >= 4 is 15.9 Å². The summed E-state index contributed by atoms with van der Waals surface area (Å²) in [5, 5.41) is 0. The van der Waals surface area contributed by atoms with E-state index in [0.717, 1.165) is 19.4 Å². The summed E-state index contributed by atoms with van der Waals surface area (Å²) in [5.74, 6) is 0.0990. The zero-order chi connectivity index (χ0) is 14.1. The third kappa shape index (κ3) is 2.93. The summed E-state index contributed by atoms with van der Waals surface area (Å²) in [5.41, 5.74) is -0.491. The van der Waals surface area contributed by atoms with E-state index in [0.29, 0.717) is 32.7 Å². The van der Waals surface area contributed by atoms with Crippen LogP contribution in [-0.4, -0.2) is 69.7 Å². The fourth-order valence-electron chi connectivity index (χ4n) is 3.06. The lowest BCUT2D eigenvalue weighted by atomic mass is 9.78. The quantitative estimate of drug-likeness (QED) is 0.725. The number of hydrogen-bond acceptors (Lipinski definition) is 4. The molecule has 6 nitrogen and oxygen atoms in total. The van der Waals surface area contributed by atoms with Crippen LogP contribution in [0.3, 0.4) is 0 Å². The standard InChI is InChI=1S/C12H22N2O4S/c1-18-9-8-13-6-3-4-12(11(13)15)5-7-14(10-12)19(2,16)17/h3-10H2,1-2H3. The Morgan fingerprint density at radius 1 is 1.32 bits per heavy atom. The van der Waals surface area contributed by atoms with Gasteiger partial charge in [-0.15, -0.1) is 0 Å². The van der Waals surface area contributed by atoms with Crippen LogP contribution in [-0.2, 0) is 19.6 Å². The van der Waals surface area contributed by atoms with Crippen molar-refractivity contribution in [2.75, 3.05) is 46.2 Å². The molecule has 2 heterocycles. The van der Waals surface area contributed by atoms with Crippen molar-refractivity contribution in [1.29, 1.82) is 0 Å². The van der Waals surface area contributed by atoms with Gasteiger partial charge in [0.15, 0.2) is 0 Å². The number of sulfonamides is 1. The SMILES string of the molecule is COCCN1CCCC2(CCN(S(C)(=O)=O)C2)C1=O. The van der Waals surface area contributed by atoms with E-state index in [1.807, 2.05) is 4.90 Å². The maximum atomic E-state index is 12.6. The van der Waals surface area contributed by atoms with E-state index in [9.17, 15) is 13.2 Å². The first-order valence-corrected chi connectivity index (χ1v) is 8.47. The molecule has 110 valence electrons. The van der Waals surface area contributed by atoms with Gasteiger partial charge < -0.3 is 9.64 Å². The highest BCUT2D eigenvalue weighted by molar-refractivity contribution is 7.88. The lowest BCUT2D eigenvalue weighted by molar-refractivity contribution is -0.146. The molecule has 1 amide bonds. The third-order valence-corrected chi connectivity index (χ3v) is 5.43. The summed E-state index contributed by atoms with van der Waals surface area (Å²) in [6.45, 7) is 2.67. The number of likely N-dealkylation sites (tertiary alicyclic amines) is 1. The first-order valence-electron chi connectivity index (χ1n) is 6.62. The molecule has 0 aromatic heterocycles. The highest BCUT2D eigenvalue weighted by atomic mass is 32.2. The molecule has 1 atom stereocenters. The fourth-order valence-corrected chi connectivity index (χ4v) is 3.97. The normalized spacial score (nSPS) is 29.4. The summed E-state index contributed by atoms with van der Waals surface area (Å²) in [6, 6.07) is 0. The first kappa shape index (κ1) is 14.7. The summed E-state index contributed by atoms with van der Waals surface area (Å²) < 4.78 is 29.7. The lowest BCUT2D eigenvalue weighted by Gasteiger charge is -2.39. The van der Waals surface area contributed by atoms with Crippen LogP contribution in [0.4, 0.5) is 0 Å². The van der Waals surface area contributed by atoms with Crippen LogP contribution >= 0.6 is 0 Å². The van der Waals surface area contributed by atoms with Gasteiger partial charge >= 0.3 is 0 Å². The maximum Gasteiger partial charge on any atom is 0.230 e. The minimum Gasteiger partial charge on any atom is -0.383 e. The average molecular weight is 290 g/mol. The van der Waals surface area contributed by atoms with E-state index in [2.05, 4.69) is 0 Å². The van der Waals surface area contributed by atoms with Crippen LogP contribution in [0.25, 0.3) is 0 Å². The fraction of sp³-hybridized carbons (Fsp3) is 0.917. The largest absolute Gasteiger partial charge is 0.383 e. The molecular formula is C12H22N2O4S. The molecule has 2 fully saturated rings. The number of hydrogen-bond donors (Lipinski definition) is 0. The molecule has 2 aliphatic rings. The zero-order valence-corrected chi connectivity index (χ0v) is 12.4. The Morgan fingerprint density at radius 3 is 2.63 bits per heavy atom. The van der Waals surface area contributed by atoms with Gasteiger partial charge in [-0.3, -0.25) is 4.79 Å². The Morgan fingerprint density at radius 2 is 2.05 bits per heavy atom. The average Bonchev–Trinajstić information content (AvgIpc) is 2.77. The van der Waals surface area contributed by atoms with Crippen molar-refractivity contribution in [3.8, 4) is 0 Å². The number of ether oxygens (including phenoxy) is 1. The molecular weight excluding hydrogens is 268 g/mol. The summed E-state index contributed by atoms with van der Waals surface area (Å²) in [4.78, 5) is 14.4. The second kappa shape index (κ2) is 5.38. The summed E-state index contributed by atoms with van der Waals surface area (Å²) in [7, 11) is -1.58. The second-order valence-electron chi connectivity index (χ2n) is 5.52. The van der Waals surface area contributed by atoms with Crippen molar-refractivity contribution in [3.63, 3.8) is 0 Å². The van der Waals surface area contributed by atoms with Crippen molar-refractivity contribution in [2.24, 2.45) is 5.41 Å². The number of rotatable bonds is 4. The topological polar surface area (TPSA) is 66.9 Å². The Kier molecular flexibility index (Phi) is 4.17.